The van der Waals surface area contributed by atoms with E-state index in [2.05, 4.69) is 5.32 Å². The van der Waals surface area contributed by atoms with Gasteiger partial charge in [-0.2, -0.15) is 0 Å². The predicted octanol–water partition coefficient (Wildman–Crippen LogP) is 3.79. The standard InChI is InChI=1S/C18H15ClFNO5/c1-26-16-9-14(13(19)8-12(16)18(24)25)21-17(23)7-6-15(22)10-2-4-11(20)5-3-10/h2-5,8-9H,6-7H2,1H3,(H,21,23)(H,24,25). The van der Waals surface area contributed by atoms with Gasteiger partial charge < -0.3 is 15.2 Å². The van der Waals surface area contributed by atoms with E-state index >= 15 is 0 Å². The van der Waals surface area contributed by atoms with Crippen LogP contribution in [0.2, 0.25) is 5.02 Å². The molecule has 0 unspecified atom stereocenters. The topological polar surface area (TPSA) is 92.7 Å². The Morgan fingerprint density at radius 1 is 1.15 bits per heavy atom. The van der Waals surface area contributed by atoms with Crippen molar-refractivity contribution in [3.8, 4) is 5.75 Å². The fourth-order valence-corrected chi connectivity index (χ4v) is 2.42. The fourth-order valence-electron chi connectivity index (χ4n) is 2.21. The second kappa shape index (κ2) is 8.44. The molecule has 0 aromatic heterocycles. The molecular formula is C18H15ClFNO5. The molecule has 0 atom stereocenters. The molecule has 136 valence electrons. The summed E-state index contributed by atoms with van der Waals surface area (Å²) < 4.78 is 17.8. The molecule has 0 saturated heterocycles. The summed E-state index contributed by atoms with van der Waals surface area (Å²) in [6, 6.07) is 7.50. The van der Waals surface area contributed by atoms with E-state index in [1.807, 2.05) is 0 Å². The minimum atomic E-state index is -1.22. The summed E-state index contributed by atoms with van der Waals surface area (Å²) in [6.45, 7) is 0. The summed E-state index contributed by atoms with van der Waals surface area (Å²) in [4.78, 5) is 35.1. The maximum atomic E-state index is 12.8. The first-order chi connectivity index (χ1) is 12.3. The van der Waals surface area contributed by atoms with Crippen LogP contribution in [0.15, 0.2) is 36.4 Å². The molecular weight excluding hydrogens is 365 g/mol. The van der Waals surface area contributed by atoms with Crippen LogP contribution in [0, 0.1) is 5.82 Å². The van der Waals surface area contributed by atoms with E-state index < -0.39 is 17.7 Å². The number of ether oxygens (including phenoxy) is 1. The quantitative estimate of drug-likeness (QED) is 0.714. The summed E-state index contributed by atoms with van der Waals surface area (Å²) >= 11 is 5.98. The lowest BCUT2D eigenvalue weighted by Crippen LogP contribution is -2.14. The molecule has 2 rings (SSSR count). The summed E-state index contributed by atoms with van der Waals surface area (Å²) in [5.41, 5.74) is 0.347. The molecule has 0 heterocycles. The molecule has 1 amide bonds. The molecule has 0 aliphatic carbocycles. The summed E-state index contributed by atoms with van der Waals surface area (Å²) in [7, 11) is 1.29. The van der Waals surface area contributed by atoms with Crippen molar-refractivity contribution in [2.45, 2.75) is 12.8 Å². The minimum absolute atomic E-state index is 0.0291. The number of aromatic carboxylic acids is 1. The van der Waals surface area contributed by atoms with Crippen LogP contribution >= 0.6 is 11.6 Å². The summed E-state index contributed by atoms with van der Waals surface area (Å²) in [5.74, 6) is -2.41. The number of Topliss-reactive ketones (excluding diaryl/α,β-unsaturated/α-hetero) is 1. The van der Waals surface area contributed by atoms with Crippen molar-refractivity contribution in [3.05, 3.63) is 58.4 Å². The number of carbonyl (C=O) groups is 3. The number of anilines is 1. The van der Waals surface area contributed by atoms with Gasteiger partial charge in [-0.3, -0.25) is 9.59 Å². The molecule has 26 heavy (non-hydrogen) atoms. The van der Waals surface area contributed by atoms with Crippen LogP contribution in [0.3, 0.4) is 0 Å². The number of halogens is 2. The Kier molecular flexibility index (Phi) is 6.30. The molecule has 2 N–H and O–H groups in total. The van der Waals surface area contributed by atoms with Gasteiger partial charge in [0.05, 0.1) is 17.8 Å². The van der Waals surface area contributed by atoms with Crippen LogP contribution in [-0.4, -0.2) is 29.9 Å². The Morgan fingerprint density at radius 3 is 2.38 bits per heavy atom. The zero-order valence-corrected chi connectivity index (χ0v) is 14.5. The van der Waals surface area contributed by atoms with Gasteiger partial charge in [-0.1, -0.05) is 11.6 Å². The van der Waals surface area contributed by atoms with E-state index in [-0.39, 0.29) is 40.6 Å². The Balaban J connectivity index is 2.02. The fraction of sp³-hybridized carbons (Fsp3) is 0.167. The van der Waals surface area contributed by atoms with Crippen molar-refractivity contribution < 1.29 is 28.6 Å². The molecule has 0 fully saturated rings. The van der Waals surface area contributed by atoms with Crippen molar-refractivity contribution in [2.24, 2.45) is 0 Å². The molecule has 0 aliphatic heterocycles. The second-order valence-corrected chi connectivity index (χ2v) is 5.72. The monoisotopic (exact) mass is 379 g/mol. The molecule has 0 spiro atoms. The van der Waals surface area contributed by atoms with Gasteiger partial charge in [-0.05, 0) is 30.3 Å². The first-order valence-electron chi connectivity index (χ1n) is 7.51. The molecule has 6 nitrogen and oxygen atoms in total. The molecule has 0 saturated carbocycles. The van der Waals surface area contributed by atoms with Gasteiger partial charge in [-0.15, -0.1) is 0 Å². The highest BCUT2D eigenvalue weighted by atomic mass is 35.5. The number of hydrogen-bond donors (Lipinski definition) is 2. The predicted molar refractivity (Wildman–Crippen MR) is 93.6 cm³/mol. The van der Waals surface area contributed by atoms with Gasteiger partial charge in [0.25, 0.3) is 0 Å². The number of benzene rings is 2. The highest BCUT2D eigenvalue weighted by Crippen LogP contribution is 2.31. The van der Waals surface area contributed by atoms with Crippen LogP contribution in [0.1, 0.15) is 33.6 Å². The van der Waals surface area contributed by atoms with Gasteiger partial charge in [0.2, 0.25) is 5.91 Å². The number of carbonyl (C=O) groups excluding carboxylic acids is 2. The number of carboxylic acids is 1. The number of hydrogen-bond acceptors (Lipinski definition) is 4. The van der Waals surface area contributed by atoms with E-state index in [4.69, 9.17) is 21.4 Å². The zero-order chi connectivity index (χ0) is 19.3. The van der Waals surface area contributed by atoms with Gasteiger partial charge in [0, 0.05) is 24.5 Å². The van der Waals surface area contributed by atoms with Crippen molar-refractivity contribution in [2.75, 3.05) is 12.4 Å². The van der Waals surface area contributed by atoms with E-state index in [1.54, 1.807) is 0 Å². The maximum absolute atomic E-state index is 12.8. The van der Waals surface area contributed by atoms with Crippen LogP contribution in [0.5, 0.6) is 5.75 Å². The zero-order valence-electron chi connectivity index (χ0n) is 13.7. The van der Waals surface area contributed by atoms with Gasteiger partial charge in [0.1, 0.15) is 17.1 Å². The smallest absolute Gasteiger partial charge is 0.339 e. The lowest BCUT2D eigenvalue weighted by Gasteiger charge is -2.11. The largest absolute Gasteiger partial charge is 0.496 e. The third-order valence-electron chi connectivity index (χ3n) is 3.54. The normalized spacial score (nSPS) is 10.3. The number of ketones is 1. The van der Waals surface area contributed by atoms with Crippen molar-refractivity contribution >= 4 is 34.9 Å². The van der Waals surface area contributed by atoms with E-state index in [0.29, 0.717) is 5.56 Å². The number of rotatable bonds is 7. The van der Waals surface area contributed by atoms with Crippen LogP contribution < -0.4 is 10.1 Å². The third-order valence-corrected chi connectivity index (χ3v) is 3.85. The Morgan fingerprint density at radius 2 is 1.81 bits per heavy atom. The Bertz CT molecular complexity index is 851. The Hall–Kier alpha value is -2.93. The lowest BCUT2D eigenvalue weighted by atomic mass is 10.1. The van der Waals surface area contributed by atoms with Crippen molar-refractivity contribution in [1.29, 1.82) is 0 Å². The number of carboxylic acid groups (broad SMARTS) is 1. The van der Waals surface area contributed by atoms with E-state index in [9.17, 15) is 18.8 Å². The van der Waals surface area contributed by atoms with Crippen molar-refractivity contribution in [3.63, 3.8) is 0 Å². The summed E-state index contributed by atoms with van der Waals surface area (Å²) in [5, 5.41) is 11.6. The molecule has 2 aromatic rings. The number of methoxy groups -OCH3 is 1. The maximum Gasteiger partial charge on any atom is 0.339 e. The van der Waals surface area contributed by atoms with Crippen LogP contribution in [-0.2, 0) is 4.79 Å². The highest BCUT2D eigenvalue weighted by Gasteiger charge is 2.17. The average Bonchev–Trinajstić information content (AvgIpc) is 2.61. The van der Waals surface area contributed by atoms with Crippen molar-refractivity contribution in [1.82, 2.24) is 0 Å². The first kappa shape index (κ1) is 19.4. The van der Waals surface area contributed by atoms with E-state index in [0.717, 1.165) is 0 Å². The SMILES string of the molecule is COc1cc(NC(=O)CCC(=O)c2ccc(F)cc2)c(Cl)cc1C(=O)O. The lowest BCUT2D eigenvalue weighted by molar-refractivity contribution is -0.116. The van der Waals surface area contributed by atoms with Gasteiger partial charge in [0.15, 0.2) is 5.78 Å². The number of amides is 1. The summed E-state index contributed by atoms with van der Waals surface area (Å²) in [6.07, 6.45) is -0.186. The number of nitrogens with one attached hydrogen (secondary N) is 1. The van der Waals surface area contributed by atoms with E-state index in [1.165, 1.54) is 43.5 Å². The van der Waals surface area contributed by atoms with Crippen LogP contribution in [0.4, 0.5) is 10.1 Å². The second-order valence-electron chi connectivity index (χ2n) is 5.32. The first-order valence-corrected chi connectivity index (χ1v) is 7.89. The molecule has 2 aromatic carbocycles. The van der Waals surface area contributed by atoms with Gasteiger partial charge >= 0.3 is 5.97 Å². The third kappa shape index (κ3) is 4.80. The average molecular weight is 380 g/mol. The van der Waals surface area contributed by atoms with Gasteiger partial charge in [-0.25, -0.2) is 9.18 Å². The molecule has 0 bridgehead atoms. The van der Waals surface area contributed by atoms with Crippen LogP contribution in [0.25, 0.3) is 0 Å². The Labute approximate surface area is 153 Å². The minimum Gasteiger partial charge on any atom is -0.496 e. The molecule has 8 heteroatoms. The highest BCUT2D eigenvalue weighted by molar-refractivity contribution is 6.34. The molecule has 0 radical (unpaired) electrons. The molecule has 0 aliphatic rings.